The molecule has 1 aliphatic heterocycles. The second-order valence-corrected chi connectivity index (χ2v) is 4.40. The molecule has 0 amide bonds. The Balaban J connectivity index is 2.10. The fourth-order valence-electron chi connectivity index (χ4n) is 2.28. The zero-order valence-corrected chi connectivity index (χ0v) is 10.2. The summed E-state index contributed by atoms with van der Waals surface area (Å²) >= 11 is 0. The Kier molecular flexibility index (Phi) is 4.54. The van der Waals surface area contributed by atoms with Gasteiger partial charge in [0.2, 0.25) is 0 Å². The third-order valence-corrected chi connectivity index (χ3v) is 3.23. The highest BCUT2D eigenvalue weighted by atomic mass is 16.5. The van der Waals surface area contributed by atoms with Gasteiger partial charge in [-0.05, 0) is 18.9 Å². The van der Waals surface area contributed by atoms with Gasteiger partial charge in [0.25, 0.3) is 0 Å². The van der Waals surface area contributed by atoms with Gasteiger partial charge in [-0.25, -0.2) is 0 Å². The molecule has 0 aromatic heterocycles. The number of rotatable bonds is 5. The van der Waals surface area contributed by atoms with Gasteiger partial charge in [-0.1, -0.05) is 30.3 Å². The molecular formula is C14H20O3. The third-order valence-electron chi connectivity index (χ3n) is 3.23. The van der Waals surface area contributed by atoms with Crippen LogP contribution in [0.4, 0.5) is 0 Å². The summed E-state index contributed by atoms with van der Waals surface area (Å²) in [5.74, 6) is 0.187. The largest absolute Gasteiger partial charge is 0.390 e. The van der Waals surface area contributed by atoms with E-state index >= 15 is 0 Å². The second-order valence-electron chi connectivity index (χ2n) is 4.40. The summed E-state index contributed by atoms with van der Waals surface area (Å²) in [4.78, 5) is 0. The lowest BCUT2D eigenvalue weighted by molar-refractivity contribution is -0.0613. The first-order valence-corrected chi connectivity index (χ1v) is 6.25. The van der Waals surface area contributed by atoms with Crippen molar-refractivity contribution in [3.63, 3.8) is 0 Å². The van der Waals surface area contributed by atoms with Crippen LogP contribution in [0.1, 0.15) is 25.0 Å². The van der Waals surface area contributed by atoms with E-state index in [1.165, 1.54) is 0 Å². The standard InChI is InChI=1S/C14H20O3/c1-2-17-14(11-6-4-3-5-7-11)13(15)12-8-9-16-10-12/h3-7,12-15H,2,8-10H2,1H3. The van der Waals surface area contributed by atoms with Crippen LogP contribution in [0.25, 0.3) is 0 Å². The van der Waals surface area contributed by atoms with E-state index in [2.05, 4.69) is 0 Å². The zero-order chi connectivity index (χ0) is 12.1. The lowest BCUT2D eigenvalue weighted by atomic mass is 9.93. The van der Waals surface area contributed by atoms with Crippen molar-refractivity contribution in [3.8, 4) is 0 Å². The topological polar surface area (TPSA) is 38.7 Å². The van der Waals surface area contributed by atoms with E-state index in [1.807, 2.05) is 37.3 Å². The highest BCUT2D eigenvalue weighted by Crippen LogP contribution is 2.29. The summed E-state index contributed by atoms with van der Waals surface area (Å²) in [5.41, 5.74) is 1.04. The molecule has 0 aliphatic carbocycles. The van der Waals surface area contributed by atoms with Gasteiger partial charge >= 0.3 is 0 Å². The maximum Gasteiger partial charge on any atom is 0.109 e. The number of hydrogen-bond donors (Lipinski definition) is 1. The molecule has 3 unspecified atom stereocenters. The Morgan fingerprint density at radius 3 is 2.76 bits per heavy atom. The molecule has 1 N–H and O–H groups in total. The second kappa shape index (κ2) is 6.15. The first-order valence-electron chi connectivity index (χ1n) is 6.25. The third kappa shape index (κ3) is 3.06. The molecule has 94 valence electrons. The van der Waals surface area contributed by atoms with Crippen molar-refractivity contribution in [1.29, 1.82) is 0 Å². The van der Waals surface area contributed by atoms with Gasteiger partial charge in [0.05, 0.1) is 12.7 Å². The molecule has 1 fully saturated rings. The Labute approximate surface area is 102 Å². The molecule has 1 heterocycles. The molecule has 1 aromatic rings. The summed E-state index contributed by atoms with van der Waals surface area (Å²) < 4.78 is 11.0. The van der Waals surface area contributed by atoms with Gasteiger partial charge in [0.15, 0.2) is 0 Å². The van der Waals surface area contributed by atoms with E-state index in [-0.39, 0.29) is 12.0 Å². The summed E-state index contributed by atoms with van der Waals surface area (Å²) in [6.07, 6.45) is 0.185. The number of hydrogen-bond acceptors (Lipinski definition) is 3. The van der Waals surface area contributed by atoms with E-state index < -0.39 is 6.10 Å². The van der Waals surface area contributed by atoms with Crippen LogP contribution in [0.2, 0.25) is 0 Å². The van der Waals surface area contributed by atoms with Crippen molar-refractivity contribution in [2.45, 2.75) is 25.6 Å². The van der Waals surface area contributed by atoms with Crippen LogP contribution in [-0.4, -0.2) is 31.0 Å². The van der Waals surface area contributed by atoms with Gasteiger partial charge in [-0.2, -0.15) is 0 Å². The lowest BCUT2D eigenvalue weighted by Gasteiger charge is -2.26. The number of aliphatic hydroxyl groups excluding tert-OH is 1. The maximum atomic E-state index is 10.4. The number of aliphatic hydroxyl groups is 1. The molecule has 3 nitrogen and oxygen atoms in total. The Morgan fingerprint density at radius 2 is 2.18 bits per heavy atom. The van der Waals surface area contributed by atoms with Crippen LogP contribution < -0.4 is 0 Å². The van der Waals surface area contributed by atoms with Crippen LogP contribution in [0.15, 0.2) is 30.3 Å². The maximum absolute atomic E-state index is 10.4. The van der Waals surface area contributed by atoms with Crippen molar-refractivity contribution < 1.29 is 14.6 Å². The first kappa shape index (κ1) is 12.6. The Hall–Kier alpha value is -0.900. The average Bonchev–Trinajstić information content (AvgIpc) is 2.90. The number of benzene rings is 1. The van der Waals surface area contributed by atoms with Crippen LogP contribution in [0.3, 0.4) is 0 Å². The number of ether oxygens (including phenoxy) is 2. The minimum atomic E-state index is -0.486. The quantitative estimate of drug-likeness (QED) is 0.851. The van der Waals surface area contributed by atoms with E-state index in [9.17, 15) is 5.11 Å². The smallest absolute Gasteiger partial charge is 0.109 e. The zero-order valence-electron chi connectivity index (χ0n) is 10.2. The molecule has 3 atom stereocenters. The summed E-state index contributed by atoms with van der Waals surface area (Å²) in [5, 5.41) is 10.4. The van der Waals surface area contributed by atoms with Crippen molar-refractivity contribution in [2.75, 3.05) is 19.8 Å². The summed E-state index contributed by atoms with van der Waals surface area (Å²) in [7, 11) is 0. The van der Waals surface area contributed by atoms with Gasteiger partial charge in [-0.15, -0.1) is 0 Å². The molecule has 1 aliphatic rings. The molecule has 2 rings (SSSR count). The molecule has 1 aromatic carbocycles. The van der Waals surface area contributed by atoms with Crippen molar-refractivity contribution >= 4 is 0 Å². The van der Waals surface area contributed by atoms with Gasteiger partial charge in [0, 0.05) is 19.1 Å². The van der Waals surface area contributed by atoms with Crippen molar-refractivity contribution in [1.82, 2.24) is 0 Å². The Morgan fingerprint density at radius 1 is 1.41 bits per heavy atom. The molecule has 1 saturated heterocycles. The van der Waals surface area contributed by atoms with Crippen molar-refractivity contribution in [3.05, 3.63) is 35.9 Å². The van der Waals surface area contributed by atoms with Crippen LogP contribution in [0, 0.1) is 5.92 Å². The molecule has 3 heteroatoms. The normalized spacial score (nSPS) is 23.5. The monoisotopic (exact) mass is 236 g/mol. The van der Waals surface area contributed by atoms with Crippen LogP contribution in [0.5, 0.6) is 0 Å². The highest BCUT2D eigenvalue weighted by molar-refractivity contribution is 5.19. The predicted octanol–water partition coefficient (Wildman–Crippen LogP) is 2.16. The van der Waals surface area contributed by atoms with Crippen molar-refractivity contribution in [2.24, 2.45) is 5.92 Å². The van der Waals surface area contributed by atoms with Gasteiger partial charge < -0.3 is 14.6 Å². The van der Waals surface area contributed by atoms with E-state index in [4.69, 9.17) is 9.47 Å². The highest BCUT2D eigenvalue weighted by Gasteiger charge is 2.31. The molecule has 17 heavy (non-hydrogen) atoms. The first-order chi connectivity index (χ1) is 8.33. The minimum Gasteiger partial charge on any atom is -0.390 e. The molecule has 0 spiro atoms. The molecular weight excluding hydrogens is 216 g/mol. The van der Waals surface area contributed by atoms with Gasteiger partial charge in [0.1, 0.15) is 6.10 Å². The molecule has 0 saturated carbocycles. The van der Waals surface area contributed by atoms with Crippen LogP contribution in [-0.2, 0) is 9.47 Å². The average molecular weight is 236 g/mol. The van der Waals surface area contributed by atoms with Crippen LogP contribution >= 0.6 is 0 Å². The molecule has 0 bridgehead atoms. The fraction of sp³-hybridized carbons (Fsp3) is 0.571. The van der Waals surface area contributed by atoms with E-state index in [0.717, 1.165) is 18.6 Å². The lowest BCUT2D eigenvalue weighted by Crippen LogP contribution is -2.30. The SMILES string of the molecule is CCOC(c1ccccc1)C(O)C1CCOC1. The summed E-state index contributed by atoms with van der Waals surface area (Å²) in [6, 6.07) is 9.91. The Bertz CT molecular complexity index is 319. The minimum absolute atomic E-state index is 0.187. The van der Waals surface area contributed by atoms with E-state index in [0.29, 0.717) is 13.2 Å². The predicted molar refractivity (Wildman–Crippen MR) is 65.7 cm³/mol. The van der Waals surface area contributed by atoms with Gasteiger partial charge in [-0.3, -0.25) is 0 Å². The molecule has 0 radical (unpaired) electrons. The summed E-state index contributed by atoms with van der Waals surface area (Å²) in [6.45, 7) is 3.94. The van der Waals surface area contributed by atoms with E-state index in [1.54, 1.807) is 0 Å². The fourth-order valence-corrected chi connectivity index (χ4v) is 2.28.